The fraction of sp³-hybridized carbons (Fsp3) is 0.500. The topological polar surface area (TPSA) is 41.6 Å². The fourth-order valence-corrected chi connectivity index (χ4v) is 1.77. The zero-order valence-electron chi connectivity index (χ0n) is 11.3. The Morgan fingerprint density at radius 1 is 1.17 bits per heavy atom. The van der Waals surface area contributed by atoms with Gasteiger partial charge in [0.1, 0.15) is 0 Å². The molecule has 2 N–H and O–H groups in total. The first-order valence-electron chi connectivity index (χ1n) is 6.36. The van der Waals surface area contributed by atoms with Gasteiger partial charge in [0.2, 0.25) is 0 Å². The van der Waals surface area contributed by atoms with Crippen molar-refractivity contribution < 1.29 is 0 Å². The lowest BCUT2D eigenvalue weighted by Crippen LogP contribution is -2.37. The summed E-state index contributed by atoms with van der Waals surface area (Å²) in [5.74, 6) is 0.670. The van der Waals surface area contributed by atoms with Crippen LogP contribution in [0.3, 0.4) is 0 Å². The Hall–Kier alpha value is -0.780. The molecular weight excluding hydrogens is 337 g/mol. The number of benzene rings is 1. The summed E-state index contributed by atoms with van der Waals surface area (Å²) in [5, 5.41) is 0. The van der Waals surface area contributed by atoms with Crippen LogP contribution >= 0.6 is 24.0 Å². The number of nitrogens with zero attached hydrogens (tertiary/aromatic N) is 2. The molecule has 0 bridgehead atoms. The van der Waals surface area contributed by atoms with Gasteiger partial charge >= 0.3 is 0 Å². The molecule has 0 heterocycles. The Labute approximate surface area is 127 Å². The van der Waals surface area contributed by atoms with Crippen LogP contribution in [-0.2, 0) is 6.42 Å². The predicted octanol–water partition coefficient (Wildman–Crippen LogP) is 2.89. The number of aryl methyl sites for hydroxylation is 1. The predicted molar refractivity (Wildman–Crippen MR) is 89.6 cm³/mol. The monoisotopic (exact) mass is 361 g/mol. The molecule has 18 heavy (non-hydrogen) atoms. The Balaban J connectivity index is 0.00000289. The van der Waals surface area contributed by atoms with Gasteiger partial charge in [-0.1, -0.05) is 30.3 Å². The highest BCUT2D eigenvalue weighted by Gasteiger charge is 2.00. The van der Waals surface area contributed by atoms with Gasteiger partial charge in [-0.25, -0.2) is 0 Å². The van der Waals surface area contributed by atoms with Gasteiger partial charge in [-0.3, -0.25) is 4.99 Å². The maximum atomic E-state index is 5.89. The molecular formula is C14H24IN3. The quantitative estimate of drug-likeness (QED) is 0.366. The van der Waals surface area contributed by atoms with Crippen LogP contribution in [0.4, 0.5) is 0 Å². The zero-order chi connectivity index (χ0) is 12.5. The summed E-state index contributed by atoms with van der Waals surface area (Å²) >= 11 is 0. The van der Waals surface area contributed by atoms with Crippen LogP contribution in [0.1, 0.15) is 25.8 Å². The van der Waals surface area contributed by atoms with E-state index in [-0.39, 0.29) is 24.0 Å². The van der Waals surface area contributed by atoms with E-state index in [1.54, 1.807) is 0 Å². The summed E-state index contributed by atoms with van der Waals surface area (Å²) in [7, 11) is 0. The summed E-state index contributed by atoms with van der Waals surface area (Å²) in [6.07, 6.45) is 2.11. The number of nitrogens with two attached hydrogens (primary N) is 1. The molecule has 3 nitrogen and oxygen atoms in total. The molecule has 0 aromatic heterocycles. The van der Waals surface area contributed by atoms with Crippen molar-refractivity contribution in [1.82, 2.24) is 4.90 Å². The molecule has 0 amide bonds. The van der Waals surface area contributed by atoms with Crippen molar-refractivity contribution in [3.8, 4) is 0 Å². The van der Waals surface area contributed by atoms with Gasteiger partial charge in [0.25, 0.3) is 0 Å². The minimum absolute atomic E-state index is 0. The molecule has 0 saturated heterocycles. The lowest BCUT2D eigenvalue weighted by Gasteiger charge is -2.19. The van der Waals surface area contributed by atoms with Gasteiger partial charge in [0, 0.05) is 19.6 Å². The Morgan fingerprint density at radius 2 is 1.78 bits per heavy atom. The highest BCUT2D eigenvalue weighted by Crippen LogP contribution is 2.02. The van der Waals surface area contributed by atoms with E-state index < -0.39 is 0 Å². The first-order chi connectivity index (χ1) is 8.27. The van der Waals surface area contributed by atoms with Gasteiger partial charge in [0.15, 0.2) is 5.96 Å². The number of hydrogen-bond donors (Lipinski definition) is 1. The van der Waals surface area contributed by atoms with Crippen molar-refractivity contribution in [2.75, 3.05) is 19.6 Å². The van der Waals surface area contributed by atoms with E-state index >= 15 is 0 Å². The van der Waals surface area contributed by atoms with Crippen LogP contribution in [-0.4, -0.2) is 30.5 Å². The number of guanidine groups is 1. The Bertz CT molecular complexity index is 334. The minimum Gasteiger partial charge on any atom is -0.370 e. The second kappa shape index (κ2) is 10.2. The summed E-state index contributed by atoms with van der Waals surface area (Å²) < 4.78 is 0. The first kappa shape index (κ1) is 17.2. The molecule has 0 fully saturated rings. The molecule has 0 unspecified atom stereocenters. The number of aliphatic imine (C=N–C) groups is 1. The van der Waals surface area contributed by atoms with Crippen LogP contribution in [0, 0.1) is 0 Å². The summed E-state index contributed by atoms with van der Waals surface area (Å²) in [6.45, 7) is 6.83. The molecule has 0 aliphatic rings. The van der Waals surface area contributed by atoms with Crippen LogP contribution < -0.4 is 5.73 Å². The molecule has 1 aromatic rings. The molecule has 4 heteroatoms. The molecule has 1 rings (SSSR count). The minimum atomic E-state index is 0. The van der Waals surface area contributed by atoms with Gasteiger partial charge in [-0.15, -0.1) is 24.0 Å². The zero-order valence-corrected chi connectivity index (χ0v) is 13.6. The van der Waals surface area contributed by atoms with Crippen molar-refractivity contribution in [2.45, 2.75) is 26.7 Å². The molecule has 0 aliphatic heterocycles. The van der Waals surface area contributed by atoms with Gasteiger partial charge in [-0.2, -0.15) is 0 Å². The standard InChI is InChI=1S/C14H23N3.HI/c1-3-17(4-2)14(15)16-12-8-11-13-9-6-5-7-10-13;/h5-7,9-10H,3-4,8,11-12H2,1-2H3,(H2,15,16);1H. The molecule has 0 aliphatic carbocycles. The lowest BCUT2D eigenvalue weighted by atomic mass is 10.1. The number of halogens is 1. The lowest BCUT2D eigenvalue weighted by molar-refractivity contribution is 0.458. The van der Waals surface area contributed by atoms with E-state index in [9.17, 15) is 0 Å². The van der Waals surface area contributed by atoms with Crippen LogP contribution in [0.5, 0.6) is 0 Å². The van der Waals surface area contributed by atoms with Crippen LogP contribution in [0.15, 0.2) is 35.3 Å². The van der Waals surface area contributed by atoms with Crippen molar-refractivity contribution >= 4 is 29.9 Å². The second-order valence-electron chi connectivity index (χ2n) is 4.00. The summed E-state index contributed by atoms with van der Waals surface area (Å²) in [5.41, 5.74) is 7.26. The van der Waals surface area contributed by atoms with Crippen molar-refractivity contribution in [3.63, 3.8) is 0 Å². The van der Waals surface area contributed by atoms with Gasteiger partial charge in [-0.05, 0) is 32.3 Å². The van der Waals surface area contributed by atoms with E-state index in [1.807, 2.05) is 6.07 Å². The van der Waals surface area contributed by atoms with Crippen LogP contribution in [0.25, 0.3) is 0 Å². The van der Waals surface area contributed by atoms with E-state index in [0.29, 0.717) is 5.96 Å². The Morgan fingerprint density at radius 3 is 2.33 bits per heavy atom. The smallest absolute Gasteiger partial charge is 0.191 e. The molecule has 0 spiro atoms. The molecule has 0 atom stereocenters. The fourth-order valence-electron chi connectivity index (χ4n) is 1.77. The van der Waals surface area contributed by atoms with E-state index in [0.717, 1.165) is 32.5 Å². The van der Waals surface area contributed by atoms with Gasteiger partial charge in [0.05, 0.1) is 0 Å². The van der Waals surface area contributed by atoms with Crippen molar-refractivity contribution in [2.24, 2.45) is 10.7 Å². The average Bonchev–Trinajstić information content (AvgIpc) is 2.37. The van der Waals surface area contributed by atoms with Crippen LogP contribution in [0.2, 0.25) is 0 Å². The highest BCUT2D eigenvalue weighted by atomic mass is 127. The highest BCUT2D eigenvalue weighted by molar-refractivity contribution is 14.0. The van der Waals surface area contributed by atoms with Gasteiger partial charge < -0.3 is 10.6 Å². The normalized spacial score (nSPS) is 10.9. The van der Waals surface area contributed by atoms with Crippen molar-refractivity contribution in [3.05, 3.63) is 35.9 Å². The molecule has 0 saturated carbocycles. The van der Waals surface area contributed by atoms with Crippen molar-refractivity contribution in [1.29, 1.82) is 0 Å². The summed E-state index contributed by atoms with van der Waals surface area (Å²) in [6, 6.07) is 10.5. The third-order valence-corrected chi connectivity index (χ3v) is 2.83. The third-order valence-electron chi connectivity index (χ3n) is 2.83. The maximum Gasteiger partial charge on any atom is 0.191 e. The molecule has 102 valence electrons. The number of hydrogen-bond acceptors (Lipinski definition) is 1. The van der Waals surface area contributed by atoms with E-state index in [1.165, 1.54) is 5.56 Å². The second-order valence-corrected chi connectivity index (χ2v) is 4.00. The number of rotatable bonds is 6. The Kier molecular flexibility index (Phi) is 9.73. The maximum absolute atomic E-state index is 5.89. The molecule has 1 aromatic carbocycles. The summed E-state index contributed by atoms with van der Waals surface area (Å²) in [4.78, 5) is 6.47. The first-order valence-corrected chi connectivity index (χ1v) is 6.36. The van der Waals surface area contributed by atoms with E-state index in [4.69, 9.17) is 5.73 Å². The largest absolute Gasteiger partial charge is 0.370 e. The van der Waals surface area contributed by atoms with E-state index in [2.05, 4.69) is 48.0 Å². The molecule has 0 radical (unpaired) electrons. The average molecular weight is 361 g/mol. The SMILES string of the molecule is CCN(CC)C(N)=NCCCc1ccccc1.I. The third kappa shape index (κ3) is 6.23.